The smallest absolute Gasteiger partial charge is 0.0715 e. The van der Waals surface area contributed by atoms with E-state index in [1.807, 2.05) is 0 Å². The minimum atomic E-state index is 0.718. The van der Waals surface area contributed by atoms with Crippen LogP contribution in [0.1, 0.15) is 23.6 Å². The van der Waals surface area contributed by atoms with Gasteiger partial charge in [0, 0.05) is 7.11 Å². The molecule has 0 aliphatic heterocycles. The Morgan fingerprint density at radius 3 is 2.58 bits per heavy atom. The second kappa shape index (κ2) is 4.27. The molecule has 1 heteroatoms. The summed E-state index contributed by atoms with van der Waals surface area (Å²) < 4.78 is 5.08. The van der Waals surface area contributed by atoms with E-state index in [9.17, 15) is 0 Å². The maximum atomic E-state index is 5.08. The first kappa shape index (κ1) is 9.27. The van der Waals surface area contributed by atoms with E-state index in [1.165, 1.54) is 16.7 Å². The lowest BCUT2D eigenvalue weighted by molar-refractivity contribution is 0.184. The molecule has 66 valence electrons. The van der Waals surface area contributed by atoms with E-state index in [0.29, 0.717) is 0 Å². The number of methoxy groups -OCH3 is 1. The van der Waals surface area contributed by atoms with Crippen molar-refractivity contribution in [2.75, 3.05) is 7.11 Å². The topological polar surface area (TPSA) is 9.23 Å². The van der Waals surface area contributed by atoms with Crippen LogP contribution in [0, 0.1) is 6.92 Å². The highest BCUT2D eigenvalue weighted by Gasteiger charge is 1.97. The van der Waals surface area contributed by atoms with E-state index in [2.05, 4.69) is 32.0 Å². The molecule has 0 N–H and O–H groups in total. The number of hydrogen-bond donors (Lipinski definition) is 0. The van der Waals surface area contributed by atoms with Crippen LogP contribution in [0.15, 0.2) is 18.2 Å². The molecule has 0 bridgehead atoms. The summed E-state index contributed by atoms with van der Waals surface area (Å²) >= 11 is 0. The molecule has 0 heterocycles. The van der Waals surface area contributed by atoms with Crippen molar-refractivity contribution in [1.29, 1.82) is 0 Å². The number of aryl methyl sites for hydroxylation is 2. The summed E-state index contributed by atoms with van der Waals surface area (Å²) in [6, 6.07) is 6.55. The zero-order chi connectivity index (χ0) is 8.97. The predicted molar refractivity (Wildman–Crippen MR) is 51.3 cm³/mol. The average Bonchev–Trinajstić information content (AvgIpc) is 2.09. The molecule has 1 rings (SSSR count). The Kier molecular flexibility index (Phi) is 3.30. The van der Waals surface area contributed by atoms with Crippen LogP contribution in [0.4, 0.5) is 0 Å². The van der Waals surface area contributed by atoms with Gasteiger partial charge in [-0.2, -0.15) is 0 Å². The Hall–Kier alpha value is -0.820. The van der Waals surface area contributed by atoms with E-state index in [1.54, 1.807) is 7.11 Å². The Morgan fingerprint density at radius 1 is 1.33 bits per heavy atom. The van der Waals surface area contributed by atoms with Crippen molar-refractivity contribution < 1.29 is 4.74 Å². The number of benzene rings is 1. The van der Waals surface area contributed by atoms with Crippen LogP contribution in [-0.4, -0.2) is 7.11 Å². The van der Waals surface area contributed by atoms with Gasteiger partial charge in [-0.1, -0.05) is 25.1 Å². The van der Waals surface area contributed by atoms with Crippen molar-refractivity contribution in [2.45, 2.75) is 26.9 Å². The van der Waals surface area contributed by atoms with E-state index < -0.39 is 0 Å². The van der Waals surface area contributed by atoms with Gasteiger partial charge in [-0.15, -0.1) is 0 Å². The SMILES string of the molecule is CCc1ccc(COC)c(C)c1. The van der Waals surface area contributed by atoms with Crippen molar-refractivity contribution >= 4 is 0 Å². The maximum Gasteiger partial charge on any atom is 0.0715 e. The van der Waals surface area contributed by atoms with Gasteiger partial charge in [0.15, 0.2) is 0 Å². The molecule has 0 fully saturated rings. The molecule has 0 radical (unpaired) electrons. The predicted octanol–water partition coefficient (Wildman–Crippen LogP) is 2.70. The molecular formula is C11H16O. The van der Waals surface area contributed by atoms with E-state index in [-0.39, 0.29) is 0 Å². The van der Waals surface area contributed by atoms with Gasteiger partial charge in [-0.25, -0.2) is 0 Å². The molecule has 0 atom stereocenters. The first-order valence-electron chi connectivity index (χ1n) is 4.35. The molecule has 1 nitrogen and oxygen atoms in total. The van der Waals surface area contributed by atoms with Crippen molar-refractivity contribution in [3.05, 3.63) is 34.9 Å². The fourth-order valence-corrected chi connectivity index (χ4v) is 1.30. The van der Waals surface area contributed by atoms with Gasteiger partial charge in [0.2, 0.25) is 0 Å². The molecule has 12 heavy (non-hydrogen) atoms. The summed E-state index contributed by atoms with van der Waals surface area (Å²) in [5.74, 6) is 0. The molecule has 1 aromatic rings. The summed E-state index contributed by atoms with van der Waals surface area (Å²) in [6.07, 6.45) is 1.11. The van der Waals surface area contributed by atoms with Gasteiger partial charge in [0.05, 0.1) is 6.61 Å². The van der Waals surface area contributed by atoms with Crippen LogP contribution in [0.2, 0.25) is 0 Å². The highest BCUT2D eigenvalue weighted by atomic mass is 16.5. The van der Waals surface area contributed by atoms with Crippen molar-refractivity contribution in [3.63, 3.8) is 0 Å². The molecule has 0 saturated heterocycles. The van der Waals surface area contributed by atoms with Gasteiger partial charge < -0.3 is 4.74 Å². The summed E-state index contributed by atoms with van der Waals surface area (Å²) in [6.45, 7) is 5.02. The fourth-order valence-electron chi connectivity index (χ4n) is 1.30. The molecule has 0 spiro atoms. The van der Waals surface area contributed by atoms with Crippen LogP contribution >= 0.6 is 0 Å². The van der Waals surface area contributed by atoms with Crippen molar-refractivity contribution in [3.8, 4) is 0 Å². The van der Waals surface area contributed by atoms with E-state index in [4.69, 9.17) is 4.74 Å². The number of ether oxygens (including phenoxy) is 1. The molecule has 0 amide bonds. The van der Waals surface area contributed by atoms with Crippen LogP contribution in [0.25, 0.3) is 0 Å². The zero-order valence-electron chi connectivity index (χ0n) is 8.05. The Bertz CT molecular complexity index is 253. The van der Waals surface area contributed by atoms with Gasteiger partial charge in [-0.05, 0) is 30.0 Å². The van der Waals surface area contributed by atoms with Crippen LogP contribution < -0.4 is 0 Å². The third-order valence-corrected chi connectivity index (χ3v) is 2.12. The van der Waals surface area contributed by atoms with Gasteiger partial charge >= 0.3 is 0 Å². The molecule has 0 aliphatic carbocycles. The van der Waals surface area contributed by atoms with Crippen LogP contribution in [-0.2, 0) is 17.8 Å². The second-order valence-corrected chi connectivity index (χ2v) is 3.05. The highest BCUT2D eigenvalue weighted by Crippen LogP contribution is 2.12. The molecule has 0 aromatic heterocycles. The monoisotopic (exact) mass is 164 g/mol. The van der Waals surface area contributed by atoms with Gasteiger partial charge in [0.1, 0.15) is 0 Å². The van der Waals surface area contributed by atoms with Crippen LogP contribution in [0.5, 0.6) is 0 Å². The quantitative estimate of drug-likeness (QED) is 0.667. The van der Waals surface area contributed by atoms with Crippen molar-refractivity contribution in [2.24, 2.45) is 0 Å². The Labute approximate surface area is 74.4 Å². The minimum Gasteiger partial charge on any atom is -0.380 e. The molecular weight excluding hydrogens is 148 g/mol. The zero-order valence-corrected chi connectivity index (χ0v) is 8.05. The van der Waals surface area contributed by atoms with Crippen molar-refractivity contribution in [1.82, 2.24) is 0 Å². The molecule has 0 aliphatic rings. The van der Waals surface area contributed by atoms with E-state index in [0.717, 1.165) is 13.0 Å². The standard InChI is InChI=1S/C11H16O/c1-4-10-5-6-11(8-12-3)9(2)7-10/h5-7H,4,8H2,1-3H3. The lowest BCUT2D eigenvalue weighted by Gasteiger charge is -2.05. The summed E-state index contributed by atoms with van der Waals surface area (Å²) in [7, 11) is 1.73. The minimum absolute atomic E-state index is 0.718. The third kappa shape index (κ3) is 2.08. The van der Waals surface area contributed by atoms with Crippen LogP contribution in [0.3, 0.4) is 0 Å². The summed E-state index contributed by atoms with van der Waals surface area (Å²) in [4.78, 5) is 0. The molecule has 0 saturated carbocycles. The normalized spacial score (nSPS) is 10.2. The Morgan fingerprint density at radius 2 is 2.08 bits per heavy atom. The maximum absolute atomic E-state index is 5.08. The Balaban J connectivity index is 2.87. The summed E-state index contributed by atoms with van der Waals surface area (Å²) in [5, 5.41) is 0. The van der Waals surface area contributed by atoms with Gasteiger partial charge in [0.25, 0.3) is 0 Å². The lowest BCUT2D eigenvalue weighted by Crippen LogP contribution is -1.92. The second-order valence-electron chi connectivity index (χ2n) is 3.05. The largest absolute Gasteiger partial charge is 0.380 e. The number of hydrogen-bond acceptors (Lipinski definition) is 1. The third-order valence-electron chi connectivity index (χ3n) is 2.12. The molecule has 1 aromatic carbocycles. The fraction of sp³-hybridized carbons (Fsp3) is 0.455. The van der Waals surface area contributed by atoms with Gasteiger partial charge in [-0.3, -0.25) is 0 Å². The molecule has 0 unspecified atom stereocenters. The van der Waals surface area contributed by atoms with E-state index >= 15 is 0 Å². The highest BCUT2D eigenvalue weighted by molar-refractivity contribution is 5.30. The summed E-state index contributed by atoms with van der Waals surface area (Å²) in [5.41, 5.74) is 4.01. The lowest BCUT2D eigenvalue weighted by atomic mass is 10.0. The average molecular weight is 164 g/mol. The first-order valence-corrected chi connectivity index (χ1v) is 4.35. The number of rotatable bonds is 3. The first-order chi connectivity index (χ1) is 5.77.